The lowest BCUT2D eigenvalue weighted by molar-refractivity contribution is 0.145. The number of nitrogens with one attached hydrogen (secondary N) is 1. The highest BCUT2D eigenvalue weighted by Gasteiger charge is 2.16. The Bertz CT molecular complexity index is 593. The van der Waals surface area contributed by atoms with Crippen LogP contribution in [0.1, 0.15) is 11.6 Å². The lowest BCUT2D eigenvalue weighted by atomic mass is 10.3. The van der Waals surface area contributed by atoms with Crippen molar-refractivity contribution in [1.82, 2.24) is 24.8 Å². The molecule has 0 radical (unpaired) electrons. The maximum atomic E-state index is 5.78. The minimum absolute atomic E-state index is 0.237. The molecular weight excluding hydrogens is 282 g/mol. The largest absolute Gasteiger partial charge is 0.467 e. The smallest absolute Gasteiger partial charge is 0.228 e. The van der Waals surface area contributed by atoms with E-state index in [4.69, 9.17) is 10.2 Å². The van der Waals surface area contributed by atoms with Gasteiger partial charge in [-0.2, -0.15) is 15.0 Å². The zero-order valence-electron chi connectivity index (χ0n) is 12.7. The predicted octanol–water partition coefficient (Wildman–Crippen LogP) is 0.406. The molecule has 0 unspecified atom stereocenters. The van der Waals surface area contributed by atoms with Crippen LogP contribution >= 0.6 is 0 Å². The summed E-state index contributed by atoms with van der Waals surface area (Å²) >= 11 is 0. The minimum atomic E-state index is 0.237. The summed E-state index contributed by atoms with van der Waals surface area (Å²) in [6, 6.07) is 3.74. The number of rotatable bonds is 5. The van der Waals surface area contributed by atoms with Gasteiger partial charge >= 0.3 is 0 Å². The number of nitrogen functional groups attached to an aromatic ring is 1. The normalized spacial score (nSPS) is 16.8. The van der Waals surface area contributed by atoms with E-state index in [1.54, 1.807) is 6.26 Å². The number of furan rings is 1. The van der Waals surface area contributed by atoms with Crippen LogP contribution in [0, 0.1) is 0 Å². The minimum Gasteiger partial charge on any atom is -0.467 e. The van der Waals surface area contributed by atoms with Gasteiger partial charge in [0.15, 0.2) is 0 Å². The molecule has 3 N–H and O–H groups in total. The van der Waals surface area contributed by atoms with E-state index in [0.29, 0.717) is 24.9 Å². The summed E-state index contributed by atoms with van der Waals surface area (Å²) in [5, 5.41) is 3.11. The molecule has 1 aliphatic rings. The first-order valence-electron chi connectivity index (χ1n) is 7.36. The maximum Gasteiger partial charge on any atom is 0.228 e. The Morgan fingerprint density at radius 2 is 2.05 bits per heavy atom. The summed E-state index contributed by atoms with van der Waals surface area (Å²) < 4.78 is 5.27. The van der Waals surface area contributed by atoms with Crippen LogP contribution in [0.25, 0.3) is 0 Å². The van der Waals surface area contributed by atoms with E-state index in [1.807, 2.05) is 12.1 Å². The topological polar surface area (TPSA) is 96.3 Å². The molecule has 0 aliphatic carbocycles. The lowest BCUT2D eigenvalue weighted by Gasteiger charge is -2.31. The van der Waals surface area contributed by atoms with E-state index in [2.05, 4.69) is 37.1 Å². The molecule has 22 heavy (non-hydrogen) atoms. The number of likely N-dealkylation sites (N-methyl/N-ethyl adjacent to an activating group) is 1. The summed E-state index contributed by atoms with van der Waals surface area (Å²) in [6.45, 7) is 5.35. The first-order chi connectivity index (χ1) is 10.7. The fourth-order valence-corrected chi connectivity index (χ4v) is 2.37. The van der Waals surface area contributed by atoms with Gasteiger partial charge in [-0.25, -0.2) is 0 Å². The summed E-state index contributed by atoms with van der Waals surface area (Å²) in [4.78, 5) is 17.4. The van der Waals surface area contributed by atoms with Crippen molar-refractivity contribution >= 4 is 11.9 Å². The Kier molecular flexibility index (Phi) is 4.50. The highest BCUT2D eigenvalue weighted by molar-refractivity contribution is 5.31. The van der Waals surface area contributed by atoms with Gasteiger partial charge in [0.25, 0.3) is 0 Å². The molecule has 0 amide bonds. The summed E-state index contributed by atoms with van der Waals surface area (Å²) in [7, 11) is 2.13. The van der Waals surface area contributed by atoms with Gasteiger partial charge in [-0.15, -0.1) is 0 Å². The van der Waals surface area contributed by atoms with Crippen LogP contribution in [0.3, 0.4) is 0 Å². The molecule has 0 saturated carbocycles. The van der Waals surface area contributed by atoms with Crippen molar-refractivity contribution in [3.63, 3.8) is 0 Å². The van der Waals surface area contributed by atoms with Crippen molar-refractivity contribution in [3.8, 4) is 0 Å². The highest BCUT2D eigenvalue weighted by atomic mass is 16.3. The Balaban J connectivity index is 1.62. The Morgan fingerprint density at radius 1 is 1.23 bits per heavy atom. The summed E-state index contributed by atoms with van der Waals surface area (Å²) in [5.41, 5.74) is 5.78. The van der Waals surface area contributed by atoms with Crippen molar-refractivity contribution in [2.45, 2.75) is 13.1 Å². The third-order valence-corrected chi connectivity index (χ3v) is 3.66. The molecule has 0 atom stereocenters. The van der Waals surface area contributed by atoms with Crippen LogP contribution in [0.2, 0.25) is 0 Å². The molecule has 8 nitrogen and oxygen atoms in total. The lowest BCUT2D eigenvalue weighted by Crippen LogP contribution is -2.44. The number of aromatic nitrogens is 3. The Labute approximate surface area is 129 Å². The molecule has 1 aliphatic heterocycles. The molecule has 0 aromatic carbocycles. The SMILES string of the molecule is CN1CCN(Cc2nc(N)nc(NCc3ccco3)n2)CC1. The fourth-order valence-electron chi connectivity index (χ4n) is 2.37. The maximum absolute atomic E-state index is 5.78. The van der Waals surface area contributed by atoms with E-state index in [1.165, 1.54) is 0 Å². The van der Waals surface area contributed by atoms with Crippen molar-refractivity contribution in [2.24, 2.45) is 0 Å². The number of anilines is 2. The standard InChI is InChI=1S/C14H21N7O/c1-20-4-6-21(7-5-20)10-12-17-13(15)19-14(18-12)16-9-11-3-2-8-22-11/h2-3,8H,4-7,9-10H2,1H3,(H3,15,16,17,18,19). The Hall–Kier alpha value is -2.19. The molecule has 118 valence electrons. The van der Waals surface area contributed by atoms with E-state index < -0.39 is 0 Å². The third kappa shape index (κ3) is 3.92. The van der Waals surface area contributed by atoms with Crippen molar-refractivity contribution in [1.29, 1.82) is 0 Å². The zero-order valence-corrected chi connectivity index (χ0v) is 12.7. The van der Waals surface area contributed by atoms with Crippen LogP contribution in [0.4, 0.5) is 11.9 Å². The van der Waals surface area contributed by atoms with Crippen LogP contribution in [0.15, 0.2) is 22.8 Å². The summed E-state index contributed by atoms with van der Waals surface area (Å²) in [6.07, 6.45) is 1.64. The first kappa shape index (κ1) is 14.7. The number of piperazine rings is 1. The van der Waals surface area contributed by atoms with Gasteiger partial charge in [0, 0.05) is 26.2 Å². The van der Waals surface area contributed by atoms with Crippen molar-refractivity contribution in [2.75, 3.05) is 44.3 Å². The molecular formula is C14H21N7O. The molecule has 0 spiro atoms. The van der Waals surface area contributed by atoms with Gasteiger partial charge in [0.05, 0.1) is 19.4 Å². The van der Waals surface area contributed by atoms with Gasteiger partial charge < -0.3 is 20.4 Å². The molecule has 1 fully saturated rings. The van der Waals surface area contributed by atoms with Crippen LogP contribution < -0.4 is 11.1 Å². The molecule has 8 heteroatoms. The third-order valence-electron chi connectivity index (χ3n) is 3.66. The molecule has 3 heterocycles. The second kappa shape index (κ2) is 6.71. The van der Waals surface area contributed by atoms with E-state index in [-0.39, 0.29) is 5.95 Å². The molecule has 2 aromatic rings. The number of hydrogen-bond donors (Lipinski definition) is 2. The van der Waals surface area contributed by atoms with Crippen LogP contribution in [-0.4, -0.2) is 58.0 Å². The van der Waals surface area contributed by atoms with Gasteiger partial charge in [-0.3, -0.25) is 4.90 Å². The van der Waals surface area contributed by atoms with Gasteiger partial charge in [0.1, 0.15) is 11.6 Å². The molecule has 0 bridgehead atoms. The molecule has 1 saturated heterocycles. The molecule has 2 aromatic heterocycles. The monoisotopic (exact) mass is 303 g/mol. The van der Waals surface area contributed by atoms with Crippen molar-refractivity contribution < 1.29 is 4.42 Å². The van der Waals surface area contributed by atoms with E-state index in [0.717, 1.165) is 31.9 Å². The fraction of sp³-hybridized carbons (Fsp3) is 0.500. The zero-order chi connectivity index (χ0) is 15.4. The second-order valence-electron chi connectivity index (χ2n) is 5.45. The quantitative estimate of drug-likeness (QED) is 0.819. The number of nitrogens with two attached hydrogens (primary N) is 1. The van der Waals surface area contributed by atoms with Crippen molar-refractivity contribution in [3.05, 3.63) is 30.0 Å². The average Bonchev–Trinajstić information content (AvgIpc) is 3.00. The Morgan fingerprint density at radius 3 is 2.77 bits per heavy atom. The molecule has 3 rings (SSSR count). The van der Waals surface area contributed by atoms with Gasteiger partial charge in [-0.05, 0) is 19.2 Å². The average molecular weight is 303 g/mol. The van der Waals surface area contributed by atoms with E-state index in [9.17, 15) is 0 Å². The predicted molar refractivity (Wildman–Crippen MR) is 83.0 cm³/mol. The number of nitrogens with zero attached hydrogens (tertiary/aromatic N) is 5. The number of hydrogen-bond acceptors (Lipinski definition) is 8. The van der Waals surface area contributed by atoms with Crippen LogP contribution in [0.5, 0.6) is 0 Å². The van der Waals surface area contributed by atoms with Gasteiger partial charge in [-0.1, -0.05) is 0 Å². The summed E-state index contributed by atoms with van der Waals surface area (Å²) in [5.74, 6) is 2.23. The second-order valence-corrected chi connectivity index (χ2v) is 5.45. The first-order valence-corrected chi connectivity index (χ1v) is 7.36. The van der Waals surface area contributed by atoms with Crippen LogP contribution in [-0.2, 0) is 13.1 Å². The highest BCUT2D eigenvalue weighted by Crippen LogP contribution is 2.09. The van der Waals surface area contributed by atoms with Gasteiger partial charge in [0.2, 0.25) is 11.9 Å². The van der Waals surface area contributed by atoms with E-state index >= 15 is 0 Å².